The maximum absolute atomic E-state index is 15.5. The normalized spacial score (nSPS) is 14.9. The van der Waals surface area contributed by atoms with Gasteiger partial charge in [0.2, 0.25) is 0 Å². The van der Waals surface area contributed by atoms with Crippen LogP contribution in [0.1, 0.15) is 33.9 Å². The highest BCUT2D eigenvalue weighted by molar-refractivity contribution is 7.99. The lowest BCUT2D eigenvalue weighted by Gasteiger charge is -2.22. The molecule has 200 valence electrons. The maximum Gasteiger partial charge on any atom is 0.260 e. The van der Waals surface area contributed by atoms with Crippen LogP contribution >= 0.6 is 11.8 Å². The molecule has 1 unspecified atom stereocenters. The van der Waals surface area contributed by atoms with E-state index < -0.39 is 29.1 Å². The summed E-state index contributed by atoms with van der Waals surface area (Å²) in [5.41, 5.74) is 2.12. The molecule has 0 saturated heterocycles. The topological polar surface area (TPSA) is 63.8 Å². The van der Waals surface area contributed by atoms with Gasteiger partial charge in [-0.1, -0.05) is 53.2 Å². The van der Waals surface area contributed by atoms with Gasteiger partial charge in [-0.2, -0.15) is 0 Å². The van der Waals surface area contributed by atoms with Crippen LogP contribution in [0.4, 0.5) is 13.2 Å². The van der Waals surface area contributed by atoms with Crippen molar-refractivity contribution in [2.24, 2.45) is 5.16 Å². The molecule has 5 rings (SSSR count). The van der Waals surface area contributed by atoms with Crippen LogP contribution in [0.25, 0.3) is 11.1 Å². The van der Waals surface area contributed by atoms with Gasteiger partial charge in [0.1, 0.15) is 17.3 Å². The van der Waals surface area contributed by atoms with Crippen molar-refractivity contribution in [1.29, 1.82) is 0 Å². The molecule has 1 aliphatic heterocycles. The number of hydrogen-bond donors (Lipinski definition) is 1. The minimum atomic E-state index is -0.722. The van der Waals surface area contributed by atoms with Crippen molar-refractivity contribution in [3.8, 4) is 16.9 Å². The van der Waals surface area contributed by atoms with E-state index in [4.69, 9.17) is 4.74 Å². The Morgan fingerprint density at radius 2 is 1.74 bits per heavy atom. The average Bonchev–Trinajstić information content (AvgIpc) is 3.34. The molecular formula is C30H25F3N2O3S. The summed E-state index contributed by atoms with van der Waals surface area (Å²) in [5, 5.41) is 14.1. The Morgan fingerprint density at radius 1 is 1.05 bits per heavy atom. The zero-order chi connectivity index (χ0) is 27.8. The first kappa shape index (κ1) is 26.6. The molecule has 2 heterocycles. The number of oxime groups is 1. The van der Waals surface area contributed by atoms with Gasteiger partial charge in [0.25, 0.3) is 5.56 Å². The van der Waals surface area contributed by atoms with Gasteiger partial charge in [-0.3, -0.25) is 9.36 Å². The van der Waals surface area contributed by atoms with E-state index in [9.17, 15) is 18.8 Å². The molecule has 1 aliphatic rings. The lowest BCUT2D eigenvalue weighted by Crippen LogP contribution is -2.32. The van der Waals surface area contributed by atoms with Crippen molar-refractivity contribution >= 4 is 17.5 Å². The molecule has 39 heavy (non-hydrogen) atoms. The van der Waals surface area contributed by atoms with E-state index in [-0.39, 0.29) is 34.6 Å². The third kappa shape index (κ3) is 4.61. The second-order valence-corrected chi connectivity index (χ2v) is 10.3. The van der Waals surface area contributed by atoms with Gasteiger partial charge in [0.05, 0.1) is 23.7 Å². The van der Waals surface area contributed by atoms with Crippen LogP contribution in [0.2, 0.25) is 0 Å². The second-order valence-electron chi connectivity index (χ2n) is 9.34. The van der Waals surface area contributed by atoms with E-state index in [2.05, 4.69) is 5.16 Å². The molecule has 1 atom stereocenters. The van der Waals surface area contributed by atoms with Crippen LogP contribution in [0.5, 0.6) is 5.75 Å². The third-order valence-corrected chi connectivity index (χ3v) is 8.23. The Hall–Kier alpha value is -3.98. The Balaban J connectivity index is 1.80. The number of halogens is 3. The molecule has 9 heteroatoms. The predicted octanol–water partition coefficient (Wildman–Crippen LogP) is 6.67. The number of fused-ring (bicyclic) bond motifs is 1. The number of rotatable bonds is 6. The summed E-state index contributed by atoms with van der Waals surface area (Å²) in [6, 6.07) is 14.8. The first-order valence-corrected chi connectivity index (χ1v) is 13.2. The summed E-state index contributed by atoms with van der Waals surface area (Å²) in [4.78, 5) is 14.2. The van der Waals surface area contributed by atoms with E-state index in [0.717, 1.165) is 5.56 Å². The minimum Gasteiger partial charge on any atom is -0.494 e. The molecule has 0 saturated carbocycles. The Bertz CT molecular complexity index is 1660. The van der Waals surface area contributed by atoms with Crippen LogP contribution in [0, 0.1) is 31.3 Å². The molecule has 0 fully saturated rings. The quantitative estimate of drug-likeness (QED) is 0.165. The number of ether oxygens (including phenoxy) is 1. The monoisotopic (exact) mass is 550 g/mol. The number of hydrogen-bond acceptors (Lipinski definition) is 5. The van der Waals surface area contributed by atoms with Gasteiger partial charge < -0.3 is 9.94 Å². The molecule has 0 bridgehead atoms. The molecule has 0 spiro atoms. The van der Waals surface area contributed by atoms with Crippen LogP contribution in [0.15, 0.2) is 75.6 Å². The fourth-order valence-corrected chi connectivity index (χ4v) is 6.46. The van der Waals surface area contributed by atoms with Gasteiger partial charge in [0, 0.05) is 28.9 Å². The van der Waals surface area contributed by atoms with Gasteiger partial charge >= 0.3 is 0 Å². The van der Waals surface area contributed by atoms with Gasteiger partial charge in [-0.05, 0) is 43.2 Å². The van der Waals surface area contributed by atoms with Crippen molar-refractivity contribution in [3.63, 3.8) is 0 Å². The average molecular weight is 551 g/mol. The van der Waals surface area contributed by atoms with Gasteiger partial charge in [-0.25, -0.2) is 13.2 Å². The van der Waals surface area contributed by atoms with Crippen molar-refractivity contribution < 1.29 is 23.1 Å². The number of aryl methyl sites for hydroxylation is 1. The first-order chi connectivity index (χ1) is 18.8. The molecule has 0 radical (unpaired) electrons. The maximum atomic E-state index is 15.5. The molecule has 0 aliphatic carbocycles. The molecule has 0 amide bonds. The predicted molar refractivity (Wildman–Crippen MR) is 146 cm³/mol. The fraction of sp³-hybridized carbons (Fsp3) is 0.200. The number of thioether (sulfide) groups is 1. The van der Waals surface area contributed by atoms with E-state index in [1.165, 1.54) is 53.8 Å². The molecule has 5 nitrogen and oxygen atoms in total. The smallest absolute Gasteiger partial charge is 0.260 e. The molecule has 3 aromatic carbocycles. The Morgan fingerprint density at radius 3 is 2.41 bits per heavy atom. The Labute approximate surface area is 227 Å². The zero-order valence-corrected chi connectivity index (χ0v) is 22.3. The largest absolute Gasteiger partial charge is 0.494 e. The van der Waals surface area contributed by atoms with Crippen LogP contribution in [-0.2, 0) is 6.42 Å². The van der Waals surface area contributed by atoms with Crippen molar-refractivity contribution in [3.05, 3.63) is 116 Å². The van der Waals surface area contributed by atoms with Crippen molar-refractivity contribution in [2.45, 2.75) is 31.3 Å². The fourth-order valence-electron chi connectivity index (χ4n) is 5.09. The standard InChI is InChI=1S/C30H25F3N2O3S/c1-16-7-4-8-18(13-16)28(34-37)24-15-39-30-20(14-21-22(31)10-6-11-23(21)32)17(2)26(29(36)35(24)30)19-9-5-12-25(38-3)27(19)33/h4-13,24,37H,14-15H2,1-3H3. The van der Waals surface area contributed by atoms with Crippen LogP contribution in [-0.4, -0.2) is 28.3 Å². The third-order valence-electron chi connectivity index (χ3n) is 7.03. The summed E-state index contributed by atoms with van der Waals surface area (Å²) in [7, 11) is 1.33. The highest BCUT2D eigenvalue weighted by Crippen LogP contribution is 2.42. The number of benzene rings is 3. The van der Waals surface area contributed by atoms with Crippen molar-refractivity contribution in [1.82, 2.24) is 4.57 Å². The van der Waals surface area contributed by atoms with E-state index in [0.29, 0.717) is 27.5 Å². The van der Waals surface area contributed by atoms with Crippen molar-refractivity contribution in [2.75, 3.05) is 12.9 Å². The summed E-state index contributed by atoms with van der Waals surface area (Å²) in [6.45, 7) is 3.55. The lowest BCUT2D eigenvalue weighted by molar-refractivity contribution is 0.315. The van der Waals surface area contributed by atoms with E-state index in [1.807, 2.05) is 25.1 Å². The SMILES string of the molecule is COc1cccc(-c2c(C)c(Cc3c(F)cccc3F)c3n(c2=O)C(C(=NO)c2cccc(C)c2)CS3)c1F. The van der Waals surface area contributed by atoms with E-state index >= 15 is 4.39 Å². The zero-order valence-electron chi connectivity index (χ0n) is 21.5. The molecule has 1 N–H and O–H groups in total. The summed E-state index contributed by atoms with van der Waals surface area (Å²) in [6.07, 6.45) is -0.158. The summed E-state index contributed by atoms with van der Waals surface area (Å²) >= 11 is 1.33. The minimum absolute atomic E-state index is 0.0103. The second kappa shape index (κ2) is 10.6. The molecule has 1 aromatic heterocycles. The molecular weight excluding hydrogens is 525 g/mol. The highest BCUT2D eigenvalue weighted by atomic mass is 32.2. The number of nitrogens with zero attached hydrogens (tertiary/aromatic N) is 2. The number of methoxy groups -OCH3 is 1. The summed E-state index contributed by atoms with van der Waals surface area (Å²) < 4.78 is 51.6. The first-order valence-electron chi connectivity index (χ1n) is 12.2. The van der Waals surface area contributed by atoms with E-state index in [1.54, 1.807) is 19.1 Å². The highest BCUT2D eigenvalue weighted by Gasteiger charge is 2.35. The van der Waals surface area contributed by atoms with Crippen LogP contribution in [0.3, 0.4) is 0 Å². The number of aromatic nitrogens is 1. The summed E-state index contributed by atoms with van der Waals surface area (Å²) in [5.74, 6) is -1.86. The lowest BCUT2D eigenvalue weighted by atomic mass is 9.93. The number of pyridine rings is 1. The van der Waals surface area contributed by atoms with Gasteiger partial charge in [0.15, 0.2) is 11.6 Å². The molecule has 4 aromatic rings. The van der Waals surface area contributed by atoms with Crippen LogP contribution < -0.4 is 10.3 Å². The Kier molecular flexibility index (Phi) is 7.27. The van der Waals surface area contributed by atoms with Gasteiger partial charge in [-0.15, -0.1) is 11.8 Å².